The van der Waals surface area contributed by atoms with Crippen LogP contribution in [0.1, 0.15) is 200 Å². The van der Waals surface area contributed by atoms with E-state index in [-0.39, 0.29) is 6.61 Å². The molecule has 0 aliphatic heterocycles. The van der Waals surface area contributed by atoms with Crippen molar-refractivity contribution in [2.75, 3.05) is 6.61 Å². The number of aliphatic hydroxyl groups is 3. The highest BCUT2D eigenvalue weighted by Gasteiger charge is 2.22. The lowest BCUT2D eigenvalue weighted by molar-refractivity contribution is -0.131. The summed E-state index contributed by atoms with van der Waals surface area (Å²) in [5.74, 6) is -0.519. The van der Waals surface area contributed by atoms with E-state index in [0.717, 1.165) is 38.5 Å². The number of amides is 1. The molecule has 0 aliphatic rings. The normalized spacial score (nSPS) is 14.1. The minimum Gasteiger partial charge on any atom is -0.394 e. The van der Waals surface area contributed by atoms with Gasteiger partial charge in [-0.3, -0.25) is 4.79 Å². The Labute approximate surface area is 292 Å². The summed E-state index contributed by atoms with van der Waals surface area (Å²) in [5.41, 5.74) is 0. The van der Waals surface area contributed by atoms with Gasteiger partial charge in [0.2, 0.25) is 5.91 Å². The van der Waals surface area contributed by atoms with Crippen LogP contribution in [-0.4, -0.2) is 46.1 Å². The van der Waals surface area contributed by atoms with Gasteiger partial charge in [-0.15, -0.1) is 0 Å². The third kappa shape index (κ3) is 32.9. The molecule has 0 saturated carbocycles. The smallest absolute Gasteiger partial charge is 0.249 e. The first-order valence-corrected chi connectivity index (χ1v) is 20.3. The molecule has 0 fully saturated rings. The molecule has 47 heavy (non-hydrogen) atoms. The second-order valence-electron chi connectivity index (χ2n) is 13.8. The van der Waals surface area contributed by atoms with Gasteiger partial charge in [0.25, 0.3) is 0 Å². The largest absolute Gasteiger partial charge is 0.394 e. The molecule has 0 bridgehead atoms. The average Bonchev–Trinajstić information content (AvgIpc) is 3.07. The van der Waals surface area contributed by atoms with E-state index in [2.05, 4.69) is 43.5 Å². The number of carbonyl (C=O) groups is 1. The topological polar surface area (TPSA) is 89.8 Å². The fourth-order valence-electron chi connectivity index (χ4n) is 5.96. The molecule has 5 heteroatoms. The maximum Gasteiger partial charge on any atom is 0.249 e. The van der Waals surface area contributed by atoms with Crippen molar-refractivity contribution in [3.8, 4) is 0 Å². The summed E-state index contributed by atoms with van der Waals surface area (Å²) in [6.07, 6.45) is 46.1. The highest BCUT2D eigenvalue weighted by atomic mass is 16.3. The highest BCUT2D eigenvalue weighted by Crippen LogP contribution is 2.14. The SMILES string of the molecule is CCCCCC/C=C/CC/C=C/C(O)C(CO)NC(=O)C(O)CCCCCCCCC/C=C\CCCCCCCCCCCCCC. The van der Waals surface area contributed by atoms with E-state index < -0.39 is 24.2 Å². The lowest BCUT2D eigenvalue weighted by atomic mass is 10.0. The summed E-state index contributed by atoms with van der Waals surface area (Å²) in [6, 6.07) is -0.813. The number of unbranched alkanes of at least 4 members (excludes halogenated alkanes) is 24. The molecule has 0 heterocycles. The summed E-state index contributed by atoms with van der Waals surface area (Å²) in [6.45, 7) is 4.12. The van der Waals surface area contributed by atoms with Crippen molar-refractivity contribution in [3.05, 3.63) is 36.5 Å². The van der Waals surface area contributed by atoms with Crippen LogP contribution in [0.3, 0.4) is 0 Å². The third-order valence-corrected chi connectivity index (χ3v) is 9.20. The van der Waals surface area contributed by atoms with Gasteiger partial charge in [-0.1, -0.05) is 179 Å². The van der Waals surface area contributed by atoms with Crippen LogP contribution in [0.4, 0.5) is 0 Å². The van der Waals surface area contributed by atoms with Crippen LogP contribution < -0.4 is 5.32 Å². The molecule has 0 aromatic heterocycles. The summed E-state index contributed by atoms with van der Waals surface area (Å²) in [4.78, 5) is 12.4. The zero-order chi connectivity index (χ0) is 34.5. The number of carbonyl (C=O) groups excluding carboxylic acids is 1. The van der Waals surface area contributed by atoms with Gasteiger partial charge >= 0.3 is 0 Å². The Hall–Kier alpha value is -1.43. The van der Waals surface area contributed by atoms with Gasteiger partial charge in [-0.05, 0) is 57.8 Å². The third-order valence-electron chi connectivity index (χ3n) is 9.20. The van der Waals surface area contributed by atoms with E-state index in [1.165, 1.54) is 141 Å². The van der Waals surface area contributed by atoms with Crippen molar-refractivity contribution in [1.29, 1.82) is 0 Å². The number of nitrogens with one attached hydrogen (secondary N) is 1. The first-order valence-electron chi connectivity index (χ1n) is 20.3. The summed E-state index contributed by atoms with van der Waals surface area (Å²) in [5, 5.41) is 32.9. The van der Waals surface area contributed by atoms with Crippen molar-refractivity contribution in [2.24, 2.45) is 0 Å². The summed E-state index contributed by atoms with van der Waals surface area (Å²) in [7, 11) is 0. The number of allylic oxidation sites excluding steroid dienone is 5. The van der Waals surface area contributed by atoms with Crippen molar-refractivity contribution < 1.29 is 20.1 Å². The van der Waals surface area contributed by atoms with Crippen molar-refractivity contribution >= 4 is 5.91 Å². The van der Waals surface area contributed by atoms with Crippen LogP contribution in [-0.2, 0) is 4.79 Å². The molecule has 3 atom stereocenters. The molecule has 3 unspecified atom stereocenters. The summed E-state index contributed by atoms with van der Waals surface area (Å²) < 4.78 is 0. The molecule has 4 N–H and O–H groups in total. The molecule has 0 spiro atoms. The Morgan fingerprint density at radius 2 is 0.872 bits per heavy atom. The number of hydrogen-bond acceptors (Lipinski definition) is 4. The molecule has 0 radical (unpaired) electrons. The minimum absolute atomic E-state index is 0.378. The zero-order valence-electron chi connectivity index (χ0n) is 31.2. The Morgan fingerprint density at radius 3 is 1.32 bits per heavy atom. The van der Waals surface area contributed by atoms with Gasteiger partial charge in [0.05, 0.1) is 18.8 Å². The number of rotatable bonds is 36. The second-order valence-corrected chi connectivity index (χ2v) is 13.8. The van der Waals surface area contributed by atoms with Gasteiger partial charge in [0.15, 0.2) is 0 Å². The van der Waals surface area contributed by atoms with Gasteiger partial charge in [0.1, 0.15) is 6.10 Å². The number of aliphatic hydroxyl groups excluding tert-OH is 3. The van der Waals surface area contributed by atoms with Crippen LogP contribution in [0.2, 0.25) is 0 Å². The van der Waals surface area contributed by atoms with E-state index in [9.17, 15) is 20.1 Å². The van der Waals surface area contributed by atoms with Crippen LogP contribution in [0, 0.1) is 0 Å². The molecule has 0 rings (SSSR count). The summed E-state index contributed by atoms with van der Waals surface area (Å²) >= 11 is 0. The van der Waals surface area contributed by atoms with Crippen molar-refractivity contribution in [3.63, 3.8) is 0 Å². The van der Waals surface area contributed by atoms with Gasteiger partial charge in [-0.2, -0.15) is 0 Å². The fourth-order valence-corrected chi connectivity index (χ4v) is 5.96. The molecule has 1 amide bonds. The first kappa shape index (κ1) is 45.6. The Kier molecular flexibility index (Phi) is 36.3. The standard InChI is InChI=1S/C42H79NO4/c1-3-5-7-9-11-13-15-16-17-18-19-20-21-22-23-24-25-26-27-29-31-33-35-37-41(46)42(47)43-39(38-44)40(45)36-34-32-30-28-14-12-10-8-6-4-2/h14,22-23,28,34,36,39-41,44-46H,3-13,15-21,24-27,29-33,35,37-38H2,1-2H3,(H,43,47)/b23-22-,28-14+,36-34+. The fraction of sp³-hybridized carbons (Fsp3) is 0.833. The molecule has 0 saturated heterocycles. The maximum atomic E-state index is 12.4. The van der Waals surface area contributed by atoms with Crippen LogP contribution in [0.25, 0.3) is 0 Å². The van der Waals surface area contributed by atoms with Crippen LogP contribution >= 0.6 is 0 Å². The zero-order valence-corrected chi connectivity index (χ0v) is 31.2. The molecule has 276 valence electrons. The monoisotopic (exact) mass is 662 g/mol. The highest BCUT2D eigenvalue weighted by molar-refractivity contribution is 5.80. The quantitative estimate of drug-likeness (QED) is 0.0397. The van der Waals surface area contributed by atoms with E-state index in [1.54, 1.807) is 6.08 Å². The van der Waals surface area contributed by atoms with E-state index >= 15 is 0 Å². The average molecular weight is 662 g/mol. The molecule has 0 aromatic carbocycles. The molecule has 0 aliphatic carbocycles. The predicted molar refractivity (Wildman–Crippen MR) is 204 cm³/mol. The minimum atomic E-state index is -1.11. The Balaban J connectivity index is 3.66. The lowest BCUT2D eigenvalue weighted by Crippen LogP contribution is -2.48. The van der Waals surface area contributed by atoms with Crippen molar-refractivity contribution in [1.82, 2.24) is 5.32 Å². The van der Waals surface area contributed by atoms with E-state index in [0.29, 0.717) is 6.42 Å². The van der Waals surface area contributed by atoms with Gasteiger partial charge in [-0.25, -0.2) is 0 Å². The molecular formula is C42H79NO4. The van der Waals surface area contributed by atoms with E-state index in [4.69, 9.17) is 0 Å². The van der Waals surface area contributed by atoms with E-state index in [1.807, 2.05) is 6.08 Å². The molecule has 5 nitrogen and oxygen atoms in total. The molecule has 0 aromatic rings. The first-order chi connectivity index (χ1) is 23.1. The number of hydrogen-bond donors (Lipinski definition) is 4. The van der Waals surface area contributed by atoms with Gasteiger partial charge in [0, 0.05) is 0 Å². The second kappa shape index (κ2) is 37.4. The lowest BCUT2D eigenvalue weighted by Gasteiger charge is -2.21. The maximum absolute atomic E-state index is 12.4. The van der Waals surface area contributed by atoms with Crippen LogP contribution in [0.5, 0.6) is 0 Å². The van der Waals surface area contributed by atoms with Crippen molar-refractivity contribution in [2.45, 2.75) is 218 Å². The van der Waals surface area contributed by atoms with Crippen LogP contribution in [0.15, 0.2) is 36.5 Å². The van der Waals surface area contributed by atoms with Gasteiger partial charge < -0.3 is 20.6 Å². The predicted octanol–water partition coefficient (Wildman–Crippen LogP) is 11.2. The Bertz CT molecular complexity index is 734. The molecular weight excluding hydrogens is 582 g/mol. The Morgan fingerprint density at radius 1 is 0.511 bits per heavy atom.